The summed E-state index contributed by atoms with van der Waals surface area (Å²) in [4.78, 5) is 25.1. The van der Waals surface area contributed by atoms with Crippen molar-refractivity contribution in [3.8, 4) is 0 Å². The van der Waals surface area contributed by atoms with Crippen LogP contribution in [0.3, 0.4) is 0 Å². The van der Waals surface area contributed by atoms with Crippen LogP contribution in [0.5, 0.6) is 0 Å². The summed E-state index contributed by atoms with van der Waals surface area (Å²) in [7, 11) is 0. The largest absolute Gasteiger partial charge is 0.478 e. The van der Waals surface area contributed by atoms with Gasteiger partial charge >= 0.3 is 12.0 Å². The summed E-state index contributed by atoms with van der Waals surface area (Å²) in [5.41, 5.74) is 1.15. The van der Waals surface area contributed by atoms with Crippen LogP contribution in [0.1, 0.15) is 42.6 Å². The molecular formula is C17H24N2O3S. The van der Waals surface area contributed by atoms with Crippen LogP contribution < -0.4 is 5.32 Å². The maximum absolute atomic E-state index is 12.4. The molecule has 0 saturated carbocycles. The molecule has 2 rings (SSSR count). The third kappa shape index (κ3) is 4.41. The average Bonchev–Trinajstić information content (AvgIpc) is 2.60. The number of urea groups is 1. The highest BCUT2D eigenvalue weighted by Crippen LogP contribution is 2.36. The lowest BCUT2D eigenvalue weighted by Crippen LogP contribution is -2.51. The fraction of sp³-hybridized carbons (Fsp3) is 0.529. The van der Waals surface area contributed by atoms with Crippen molar-refractivity contribution in [3.63, 3.8) is 0 Å². The van der Waals surface area contributed by atoms with Gasteiger partial charge in [0.05, 0.1) is 5.56 Å². The second-order valence-electron chi connectivity index (χ2n) is 5.82. The Bertz CT molecular complexity index is 555. The van der Waals surface area contributed by atoms with Gasteiger partial charge in [0.15, 0.2) is 0 Å². The van der Waals surface area contributed by atoms with Crippen molar-refractivity contribution in [3.05, 3.63) is 35.4 Å². The average molecular weight is 336 g/mol. The molecule has 0 atom stereocenters. The number of carbonyl (C=O) groups is 2. The van der Waals surface area contributed by atoms with E-state index in [2.05, 4.69) is 19.2 Å². The number of carboxylic acid groups (broad SMARTS) is 1. The molecular weight excluding hydrogens is 312 g/mol. The van der Waals surface area contributed by atoms with E-state index in [1.807, 2.05) is 16.7 Å². The van der Waals surface area contributed by atoms with Gasteiger partial charge < -0.3 is 15.3 Å². The van der Waals surface area contributed by atoms with Crippen molar-refractivity contribution in [1.29, 1.82) is 0 Å². The Balaban J connectivity index is 1.90. The molecule has 2 N–H and O–H groups in total. The van der Waals surface area contributed by atoms with Gasteiger partial charge in [0.2, 0.25) is 0 Å². The molecule has 0 aromatic heterocycles. The predicted molar refractivity (Wildman–Crippen MR) is 93.0 cm³/mol. The number of amides is 2. The molecule has 23 heavy (non-hydrogen) atoms. The number of aromatic carboxylic acids is 1. The minimum atomic E-state index is -0.943. The van der Waals surface area contributed by atoms with Gasteiger partial charge in [-0.25, -0.2) is 9.59 Å². The van der Waals surface area contributed by atoms with Crippen LogP contribution in [0.15, 0.2) is 24.3 Å². The second-order valence-corrected chi connectivity index (χ2v) is 7.38. The van der Waals surface area contributed by atoms with E-state index in [1.165, 1.54) is 0 Å². The number of nitrogens with one attached hydrogen (secondary N) is 1. The lowest BCUT2D eigenvalue weighted by Gasteiger charge is -2.41. The molecule has 5 nitrogen and oxygen atoms in total. The number of benzene rings is 1. The second kappa shape index (κ2) is 7.73. The van der Waals surface area contributed by atoms with Gasteiger partial charge in [-0.3, -0.25) is 0 Å². The van der Waals surface area contributed by atoms with E-state index in [-0.39, 0.29) is 16.3 Å². The molecule has 126 valence electrons. The van der Waals surface area contributed by atoms with E-state index < -0.39 is 5.97 Å². The third-order valence-corrected chi connectivity index (χ3v) is 6.17. The van der Waals surface area contributed by atoms with Gasteiger partial charge in [0.25, 0.3) is 0 Å². The first-order valence-corrected chi connectivity index (χ1v) is 8.97. The zero-order valence-corrected chi connectivity index (χ0v) is 14.5. The Morgan fingerprint density at radius 1 is 1.26 bits per heavy atom. The monoisotopic (exact) mass is 336 g/mol. The summed E-state index contributed by atoms with van der Waals surface area (Å²) in [5, 5.41) is 11.8. The van der Waals surface area contributed by atoms with Gasteiger partial charge in [-0.1, -0.05) is 26.0 Å². The number of hydrogen-bond donors (Lipinski definition) is 2. The number of hydrogen-bond acceptors (Lipinski definition) is 3. The Morgan fingerprint density at radius 3 is 2.48 bits per heavy atom. The highest BCUT2D eigenvalue weighted by atomic mass is 32.2. The number of nitrogens with zero attached hydrogens (tertiary/aromatic N) is 1. The van der Waals surface area contributed by atoms with E-state index in [4.69, 9.17) is 5.11 Å². The first-order chi connectivity index (χ1) is 11.0. The van der Waals surface area contributed by atoms with Crippen molar-refractivity contribution in [2.75, 3.05) is 18.8 Å². The highest BCUT2D eigenvalue weighted by molar-refractivity contribution is 8.00. The molecule has 1 aliphatic heterocycles. The maximum Gasteiger partial charge on any atom is 0.335 e. The molecule has 0 spiro atoms. The Kier molecular flexibility index (Phi) is 5.93. The summed E-state index contributed by atoms with van der Waals surface area (Å²) < 4.78 is 0.179. The molecule has 6 heteroatoms. The van der Waals surface area contributed by atoms with E-state index >= 15 is 0 Å². The van der Waals surface area contributed by atoms with Crippen LogP contribution in [0.2, 0.25) is 0 Å². The lowest BCUT2D eigenvalue weighted by molar-refractivity contribution is 0.0697. The van der Waals surface area contributed by atoms with E-state index in [9.17, 15) is 9.59 Å². The first kappa shape index (κ1) is 17.7. The van der Waals surface area contributed by atoms with Crippen molar-refractivity contribution in [1.82, 2.24) is 10.2 Å². The van der Waals surface area contributed by atoms with Gasteiger partial charge in [-0.2, -0.15) is 11.8 Å². The molecule has 0 aliphatic carbocycles. The summed E-state index contributed by atoms with van der Waals surface area (Å²) in [6, 6.07) is 6.54. The summed E-state index contributed by atoms with van der Waals surface area (Å²) in [6.45, 7) is 6.34. The fourth-order valence-electron chi connectivity index (χ4n) is 2.75. The quantitative estimate of drug-likeness (QED) is 0.866. The molecule has 1 saturated heterocycles. The molecule has 1 aromatic rings. The normalized spacial score (nSPS) is 16.9. The Hall–Kier alpha value is -1.69. The highest BCUT2D eigenvalue weighted by Gasteiger charge is 2.34. The fourth-order valence-corrected chi connectivity index (χ4v) is 4.15. The van der Waals surface area contributed by atoms with Gasteiger partial charge in [0.1, 0.15) is 0 Å². The molecule has 1 aliphatic rings. The Morgan fingerprint density at radius 2 is 1.91 bits per heavy atom. The molecule has 2 amide bonds. The molecule has 1 fully saturated rings. The standard InChI is InChI=1S/C17H24N2O3S/c1-3-17(4-2)12-19(9-10-23-17)16(22)18-11-13-5-7-14(8-6-13)15(20)21/h5-8H,3-4,9-12H2,1-2H3,(H,18,22)(H,20,21). The lowest BCUT2D eigenvalue weighted by atomic mass is 10.0. The summed E-state index contributed by atoms with van der Waals surface area (Å²) >= 11 is 1.97. The van der Waals surface area contributed by atoms with Crippen molar-refractivity contribution in [2.24, 2.45) is 0 Å². The van der Waals surface area contributed by atoms with Crippen LogP contribution in [-0.4, -0.2) is 45.6 Å². The zero-order chi connectivity index (χ0) is 16.9. The van der Waals surface area contributed by atoms with Gasteiger partial charge in [-0.15, -0.1) is 0 Å². The summed E-state index contributed by atoms with van der Waals surface area (Å²) in [6.07, 6.45) is 2.13. The zero-order valence-electron chi connectivity index (χ0n) is 13.7. The van der Waals surface area contributed by atoms with Crippen molar-refractivity contribution in [2.45, 2.75) is 38.0 Å². The first-order valence-electron chi connectivity index (χ1n) is 7.98. The molecule has 1 heterocycles. The van der Waals surface area contributed by atoms with E-state index in [0.29, 0.717) is 6.54 Å². The molecule has 0 bridgehead atoms. The molecule has 0 unspecified atom stereocenters. The minimum Gasteiger partial charge on any atom is -0.478 e. The SMILES string of the molecule is CCC1(CC)CN(C(=O)NCc2ccc(C(=O)O)cc2)CCS1. The topological polar surface area (TPSA) is 69.6 Å². The van der Waals surface area contributed by atoms with E-state index in [1.54, 1.807) is 24.3 Å². The van der Waals surface area contributed by atoms with Crippen LogP contribution in [0.4, 0.5) is 4.79 Å². The van der Waals surface area contributed by atoms with Crippen LogP contribution in [-0.2, 0) is 6.54 Å². The smallest absolute Gasteiger partial charge is 0.335 e. The molecule has 0 radical (unpaired) electrons. The van der Waals surface area contributed by atoms with Crippen molar-refractivity contribution < 1.29 is 14.7 Å². The number of carboxylic acids is 1. The number of rotatable bonds is 5. The van der Waals surface area contributed by atoms with Crippen LogP contribution in [0.25, 0.3) is 0 Å². The third-order valence-electron chi connectivity index (χ3n) is 4.47. The molecule has 1 aromatic carbocycles. The van der Waals surface area contributed by atoms with Gasteiger partial charge in [0, 0.05) is 30.1 Å². The maximum atomic E-state index is 12.4. The number of thioether (sulfide) groups is 1. The van der Waals surface area contributed by atoms with Crippen LogP contribution >= 0.6 is 11.8 Å². The van der Waals surface area contributed by atoms with Crippen molar-refractivity contribution >= 4 is 23.8 Å². The van der Waals surface area contributed by atoms with Crippen LogP contribution in [0, 0.1) is 0 Å². The minimum absolute atomic E-state index is 0.0427. The number of carbonyl (C=O) groups excluding carboxylic acids is 1. The van der Waals surface area contributed by atoms with E-state index in [0.717, 1.165) is 37.2 Å². The predicted octanol–water partition coefficient (Wildman–Crippen LogP) is 3.20. The van der Waals surface area contributed by atoms with Gasteiger partial charge in [-0.05, 0) is 30.5 Å². The summed E-state index contributed by atoms with van der Waals surface area (Å²) in [5.74, 6) is 0.0319. The Labute approximate surface area is 141 Å².